The molecule has 0 aromatic heterocycles. The second-order valence-electron chi connectivity index (χ2n) is 4.21. The summed E-state index contributed by atoms with van der Waals surface area (Å²) < 4.78 is 34.8. The van der Waals surface area contributed by atoms with Gasteiger partial charge in [-0.25, -0.2) is 8.42 Å². The van der Waals surface area contributed by atoms with Gasteiger partial charge in [-0.05, 0) is 19.1 Å². The van der Waals surface area contributed by atoms with Crippen molar-refractivity contribution >= 4 is 9.84 Å². The molecule has 0 amide bonds. The first kappa shape index (κ1) is 12.5. The Morgan fingerprint density at radius 1 is 1.18 bits per heavy atom. The first-order valence-electron chi connectivity index (χ1n) is 5.58. The van der Waals surface area contributed by atoms with E-state index in [1.54, 1.807) is 37.3 Å². The lowest BCUT2D eigenvalue weighted by Crippen LogP contribution is -2.28. The topological polar surface area (TPSA) is 52.6 Å². The molecule has 0 unspecified atom stereocenters. The molecule has 0 bridgehead atoms. The van der Waals surface area contributed by atoms with Crippen LogP contribution in [0.15, 0.2) is 35.2 Å². The zero-order valence-corrected chi connectivity index (χ0v) is 10.6. The maximum atomic E-state index is 12.0. The van der Waals surface area contributed by atoms with Gasteiger partial charge >= 0.3 is 0 Å². The molecule has 1 aromatic carbocycles. The van der Waals surface area contributed by atoms with Gasteiger partial charge in [0.2, 0.25) is 0 Å². The minimum Gasteiger partial charge on any atom is -0.348 e. The summed E-state index contributed by atoms with van der Waals surface area (Å²) in [5.41, 5.74) is 0. The van der Waals surface area contributed by atoms with Gasteiger partial charge in [0.15, 0.2) is 15.6 Å². The molecule has 1 fully saturated rings. The van der Waals surface area contributed by atoms with E-state index >= 15 is 0 Å². The van der Waals surface area contributed by atoms with Crippen molar-refractivity contribution in [3.8, 4) is 0 Å². The van der Waals surface area contributed by atoms with Crippen molar-refractivity contribution in [2.24, 2.45) is 0 Å². The van der Waals surface area contributed by atoms with Crippen LogP contribution < -0.4 is 0 Å². The van der Waals surface area contributed by atoms with E-state index in [0.29, 0.717) is 24.5 Å². The first-order chi connectivity index (χ1) is 8.02. The van der Waals surface area contributed by atoms with Crippen LogP contribution in [0, 0.1) is 0 Å². The lowest BCUT2D eigenvalue weighted by atomic mass is 10.2. The van der Waals surface area contributed by atoms with Gasteiger partial charge in [0.1, 0.15) is 0 Å². The Bertz CT molecular complexity index is 461. The highest BCUT2D eigenvalue weighted by atomic mass is 32.2. The van der Waals surface area contributed by atoms with Crippen LogP contribution in [0.2, 0.25) is 0 Å². The summed E-state index contributed by atoms with van der Waals surface area (Å²) in [5.74, 6) is -0.713. The van der Waals surface area contributed by atoms with Crippen molar-refractivity contribution < 1.29 is 17.9 Å². The van der Waals surface area contributed by atoms with Crippen molar-refractivity contribution in [2.75, 3.05) is 19.0 Å². The SMILES string of the molecule is CC1(CCS(=O)(=O)c2ccccc2)OCCO1. The van der Waals surface area contributed by atoms with Crippen LogP contribution in [-0.2, 0) is 19.3 Å². The van der Waals surface area contributed by atoms with Crippen molar-refractivity contribution in [2.45, 2.75) is 24.0 Å². The van der Waals surface area contributed by atoms with Crippen LogP contribution >= 0.6 is 0 Å². The van der Waals surface area contributed by atoms with E-state index in [2.05, 4.69) is 0 Å². The number of hydrogen-bond acceptors (Lipinski definition) is 4. The smallest absolute Gasteiger partial charge is 0.178 e. The molecule has 1 aliphatic heterocycles. The Morgan fingerprint density at radius 3 is 2.35 bits per heavy atom. The van der Waals surface area contributed by atoms with Crippen molar-refractivity contribution in [3.63, 3.8) is 0 Å². The van der Waals surface area contributed by atoms with Gasteiger partial charge in [-0.15, -0.1) is 0 Å². The summed E-state index contributed by atoms with van der Waals surface area (Å²) in [6.07, 6.45) is 0.351. The monoisotopic (exact) mass is 256 g/mol. The van der Waals surface area contributed by atoms with E-state index in [-0.39, 0.29) is 5.75 Å². The van der Waals surface area contributed by atoms with Crippen LogP contribution in [0.1, 0.15) is 13.3 Å². The molecule has 1 aromatic rings. The maximum absolute atomic E-state index is 12.0. The van der Waals surface area contributed by atoms with E-state index in [0.717, 1.165) is 0 Å². The first-order valence-corrected chi connectivity index (χ1v) is 7.23. The van der Waals surface area contributed by atoms with Gasteiger partial charge in [0, 0.05) is 6.42 Å². The predicted octanol–water partition coefficient (Wildman–Crippen LogP) is 1.61. The van der Waals surface area contributed by atoms with Gasteiger partial charge < -0.3 is 9.47 Å². The lowest BCUT2D eigenvalue weighted by Gasteiger charge is -2.21. The summed E-state index contributed by atoms with van der Waals surface area (Å²) in [4.78, 5) is 0.349. The Morgan fingerprint density at radius 2 is 1.76 bits per heavy atom. The van der Waals surface area contributed by atoms with Crippen LogP contribution in [0.3, 0.4) is 0 Å². The second kappa shape index (κ2) is 4.76. The molecule has 0 aliphatic carbocycles. The normalized spacial score (nSPS) is 19.4. The average Bonchev–Trinajstić information content (AvgIpc) is 2.76. The third-order valence-electron chi connectivity index (χ3n) is 2.83. The zero-order chi connectivity index (χ0) is 12.4. The van der Waals surface area contributed by atoms with E-state index in [4.69, 9.17) is 9.47 Å². The fourth-order valence-corrected chi connectivity index (χ4v) is 3.21. The summed E-state index contributed by atoms with van der Waals surface area (Å²) >= 11 is 0. The molecule has 0 radical (unpaired) electrons. The largest absolute Gasteiger partial charge is 0.348 e. The quantitative estimate of drug-likeness (QED) is 0.821. The molecule has 2 rings (SSSR count). The van der Waals surface area contributed by atoms with Gasteiger partial charge in [-0.1, -0.05) is 18.2 Å². The number of hydrogen-bond donors (Lipinski definition) is 0. The van der Waals surface area contributed by atoms with Crippen molar-refractivity contribution in [3.05, 3.63) is 30.3 Å². The Kier molecular flexibility index (Phi) is 3.51. The molecule has 0 N–H and O–H groups in total. The minimum atomic E-state index is -3.25. The highest BCUT2D eigenvalue weighted by Gasteiger charge is 2.32. The van der Waals surface area contributed by atoms with Crippen LogP contribution in [-0.4, -0.2) is 33.2 Å². The third-order valence-corrected chi connectivity index (χ3v) is 4.56. The van der Waals surface area contributed by atoms with Gasteiger partial charge in [0.05, 0.1) is 23.9 Å². The second-order valence-corrected chi connectivity index (χ2v) is 6.32. The van der Waals surface area contributed by atoms with Crippen molar-refractivity contribution in [1.82, 2.24) is 0 Å². The highest BCUT2D eigenvalue weighted by Crippen LogP contribution is 2.24. The van der Waals surface area contributed by atoms with E-state index in [9.17, 15) is 8.42 Å². The molecule has 17 heavy (non-hydrogen) atoms. The van der Waals surface area contributed by atoms with Crippen molar-refractivity contribution in [1.29, 1.82) is 0 Å². The fourth-order valence-electron chi connectivity index (χ4n) is 1.77. The summed E-state index contributed by atoms with van der Waals surface area (Å²) in [7, 11) is -3.25. The molecule has 94 valence electrons. The third kappa shape index (κ3) is 3.06. The maximum Gasteiger partial charge on any atom is 0.178 e. The summed E-state index contributed by atoms with van der Waals surface area (Å²) in [6.45, 7) is 2.84. The van der Waals surface area contributed by atoms with Crippen LogP contribution in [0.5, 0.6) is 0 Å². The van der Waals surface area contributed by atoms with Gasteiger partial charge in [-0.3, -0.25) is 0 Å². The summed E-state index contributed by atoms with van der Waals surface area (Å²) in [5, 5.41) is 0. The molecule has 0 saturated carbocycles. The lowest BCUT2D eigenvalue weighted by molar-refractivity contribution is -0.142. The standard InChI is InChI=1S/C12H16O4S/c1-12(15-8-9-16-12)7-10-17(13,14)11-5-3-2-4-6-11/h2-6H,7-10H2,1H3. The molecule has 1 aliphatic rings. The zero-order valence-electron chi connectivity index (χ0n) is 9.76. The molecule has 5 heteroatoms. The van der Waals surface area contributed by atoms with Crippen LogP contribution in [0.25, 0.3) is 0 Å². The molecule has 0 atom stereocenters. The van der Waals surface area contributed by atoms with Gasteiger partial charge in [0.25, 0.3) is 0 Å². The number of benzene rings is 1. The Hall–Kier alpha value is -0.910. The molecule has 4 nitrogen and oxygen atoms in total. The number of rotatable bonds is 4. The van der Waals surface area contributed by atoms with Gasteiger partial charge in [-0.2, -0.15) is 0 Å². The van der Waals surface area contributed by atoms with Crippen LogP contribution in [0.4, 0.5) is 0 Å². The van der Waals surface area contributed by atoms with E-state index in [1.165, 1.54) is 0 Å². The Labute approximate surface area is 101 Å². The molecule has 0 spiro atoms. The fraction of sp³-hybridized carbons (Fsp3) is 0.500. The highest BCUT2D eigenvalue weighted by molar-refractivity contribution is 7.91. The summed E-state index contributed by atoms with van der Waals surface area (Å²) in [6, 6.07) is 8.44. The molecule has 1 saturated heterocycles. The number of ether oxygens (including phenoxy) is 2. The predicted molar refractivity (Wildman–Crippen MR) is 63.4 cm³/mol. The van der Waals surface area contributed by atoms with E-state index < -0.39 is 15.6 Å². The molecular formula is C12H16O4S. The molecular weight excluding hydrogens is 240 g/mol. The Balaban J connectivity index is 2.04. The average molecular weight is 256 g/mol. The number of sulfone groups is 1. The van der Waals surface area contributed by atoms with E-state index in [1.807, 2.05) is 0 Å². The minimum absolute atomic E-state index is 0.0352. The molecule has 1 heterocycles.